The highest BCUT2D eigenvalue weighted by atomic mass is 19.1. The minimum atomic E-state index is -0.620. The van der Waals surface area contributed by atoms with Crippen LogP contribution in [0.3, 0.4) is 0 Å². The number of para-hydroxylation sites is 1. The summed E-state index contributed by atoms with van der Waals surface area (Å²) >= 11 is 0. The Morgan fingerprint density at radius 1 is 0.895 bits per heavy atom. The maximum absolute atomic E-state index is 14.1. The number of aryl methyl sites for hydroxylation is 2. The van der Waals surface area contributed by atoms with E-state index in [9.17, 15) is 14.0 Å². The SMILES string of the molecule is Cc1ccc(-n2c(C(C)N(Cc3ccccc3)C(=O)c3cccc(F)c3)nc3ccccc3c2=O)cc1C. The Hall–Kier alpha value is -4.58. The van der Waals surface area contributed by atoms with Crippen LogP contribution >= 0.6 is 0 Å². The predicted octanol–water partition coefficient (Wildman–Crippen LogP) is 6.55. The molecule has 1 atom stereocenters. The van der Waals surface area contributed by atoms with Gasteiger partial charge < -0.3 is 4.90 Å². The Bertz CT molecular complexity index is 1700. The number of benzene rings is 4. The highest BCUT2D eigenvalue weighted by molar-refractivity contribution is 5.94. The molecule has 5 nitrogen and oxygen atoms in total. The maximum Gasteiger partial charge on any atom is 0.266 e. The van der Waals surface area contributed by atoms with E-state index in [1.54, 1.807) is 27.7 Å². The molecule has 190 valence electrons. The lowest BCUT2D eigenvalue weighted by Gasteiger charge is -2.31. The molecule has 5 aromatic rings. The maximum atomic E-state index is 14.1. The molecule has 1 aromatic heterocycles. The first-order chi connectivity index (χ1) is 18.3. The molecule has 0 saturated heterocycles. The highest BCUT2D eigenvalue weighted by Crippen LogP contribution is 2.27. The van der Waals surface area contributed by atoms with Crippen molar-refractivity contribution in [3.05, 3.63) is 141 Å². The molecule has 0 aliphatic heterocycles. The van der Waals surface area contributed by atoms with Gasteiger partial charge in [0.1, 0.15) is 11.6 Å². The summed E-state index contributed by atoms with van der Waals surface area (Å²) in [5.74, 6) is -0.411. The van der Waals surface area contributed by atoms with Crippen LogP contribution in [0.25, 0.3) is 16.6 Å². The lowest BCUT2D eigenvalue weighted by atomic mass is 10.1. The van der Waals surface area contributed by atoms with Crippen LogP contribution in [-0.2, 0) is 6.54 Å². The molecule has 0 fully saturated rings. The van der Waals surface area contributed by atoms with E-state index in [1.807, 2.05) is 81.4 Å². The minimum absolute atomic E-state index is 0.210. The van der Waals surface area contributed by atoms with Crippen molar-refractivity contribution >= 4 is 16.8 Å². The van der Waals surface area contributed by atoms with Crippen LogP contribution in [0.5, 0.6) is 0 Å². The van der Waals surface area contributed by atoms with Gasteiger partial charge in [0.2, 0.25) is 0 Å². The van der Waals surface area contributed by atoms with E-state index in [0.717, 1.165) is 16.7 Å². The number of nitrogens with zero attached hydrogens (tertiary/aromatic N) is 3. The molecule has 0 spiro atoms. The normalized spacial score (nSPS) is 11.9. The van der Waals surface area contributed by atoms with Crippen LogP contribution in [0, 0.1) is 19.7 Å². The van der Waals surface area contributed by atoms with E-state index in [0.29, 0.717) is 22.4 Å². The van der Waals surface area contributed by atoms with Crippen molar-refractivity contribution in [2.24, 2.45) is 0 Å². The summed E-state index contributed by atoms with van der Waals surface area (Å²) in [4.78, 5) is 34.3. The number of amides is 1. The standard InChI is InChI=1S/C32H28FN3O2/c1-21-16-17-27(18-22(21)2)36-30(34-29-15-8-7-14-28(29)32(36)38)23(3)35(20-24-10-5-4-6-11-24)31(37)25-12-9-13-26(33)19-25/h4-19,23H,20H2,1-3H3. The molecule has 5 rings (SSSR count). The second-order valence-corrected chi connectivity index (χ2v) is 9.50. The first kappa shape index (κ1) is 25.1. The van der Waals surface area contributed by atoms with Crippen molar-refractivity contribution < 1.29 is 9.18 Å². The van der Waals surface area contributed by atoms with Crippen molar-refractivity contribution in [2.45, 2.75) is 33.4 Å². The summed E-state index contributed by atoms with van der Waals surface area (Å²) in [6.45, 7) is 6.13. The Morgan fingerprint density at radius 3 is 2.37 bits per heavy atom. The van der Waals surface area contributed by atoms with E-state index < -0.39 is 11.9 Å². The molecular formula is C32H28FN3O2. The Kier molecular flexibility index (Phi) is 6.88. The zero-order valence-electron chi connectivity index (χ0n) is 21.6. The third-order valence-corrected chi connectivity index (χ3v) is 6.92. The van der Waals surface area contributed by atoms with E-state index in [-0.39, 0.29) is 23.6 Å². The fourth-order valence-corrected chi connectivity index (χ4v) is 4.64. The number of rotatable bonds is 6. The van der Waals surface area contributed by atoms with Gasteiger partial charge in [0, 0.05) is 12.1 Å². The van der Waals surface area contributed by atoms with E-state index >= 15 is 0 Å². The average Bonchev–Trinajstić information content (AvgIpc) is 2.93. The van der Waals surface area contributed by atoms with Gasteiger partial charge in [-0.3, -0.25) is 14.2 Å². The second-order valence-electron chi connectivity index (χ2n) is 9.50. The molecule has 1 heterocycles. The van der Waals surface area contributed by atoms with Gasteiger partial charge in [-0.2, -0.15) is 0 Å². The van der Waals surface area contributed by atoms with Crippen LogP contribution < -0.4 is 5.56 Å². The van der Waals surface area contributed by atoms with E-state index in [4.69, 9.17) is 4.98 Å². The molecule has 1 amide bonds. The first-order valence-corrected chi connectivity index (χ1v) is 12.5. The number of aromatic nitrogens is 2. The van der Waals surface area contributed by atoms with Crippen LogP contribution in [-0.4, -0.2) is 20.4 Å². The third-order valence-electron chi connectivity index (χ3n) is 6.92. The molecule has 4 aromatic carbocycles. The highest BCUT2D eigenvalue weighted by Gasteiger charge is 2.28. The molecule has 0 radical (unpaired) electrons. The van der Waals surface area contributed by atoms with Crippen LogP contribution in [0.2, 0.25) is 0 Å². The lowest BCUT2D eigenvalue weighted by molar-refractivity contribution is 0.0663. The minimum Gasteiger partial charge on any atom is -0.324 e. The van der Waals surface area contributed by atoms with E-state index in [1.165, 1.54) is 18.2 Å². The zero-order chi connectivity index (χ0) is 26.8. The average molecular weight is 506 g/mol. The molecule has 0 saturated carbocycles. The summed E-state index contributed by atoms with van der Waals surface area (Å²) in [7, 11) is 0. The molecule has 0 N–H and O–H groups in total. The number of carbonyl (C=O) groups is 1. The van der Waals surface area contributed by atoms with Crippen LogP contribution in [0.1, 0.15) is 45.8 Å². The second kappa shape index (κ2) is 10.4. The van der Waals surface area contributed by atoms with Gasteiger partial charge in [-0.05, 0) is 79.9 Å². The molecule has 38 heavy (non-hydrogen) atoms. The Labute approximate surface area is 220 Å². The molecular weight excluding hydrogens is 477 g/mol. The topological polar surface area (TPSA) is 55.2 Å². The van der Waals surface area contributed by atoms with E-state index in [2.05, 4.69) is 0 Å². The molecule has 0 aliphatic rings. The summed E-state index contributed by atoms with van der Waals surface area (Å²) in [5, 5.41) is 0.493. The van der Waals surface area contributed by atoms with Crippen molar-refractivity contribution in [1.82, 2.24) is 14.5 Å². The third kappa shape index (κ3) is 4.85. The van der Waals surface area contributed by atoms with Gasteiger partial charge in [-0.25, -0.2) is 9.37 Å². The molecule has 6 heteroatoms. The largest absolute Gasteiger partial charge is 0.324 e. The smallest absolute Gasteiger partial charge is 0.266 e. The summed E-state index contributed by atoms with van der Waals surface area (Å²) in [6.07, 6.45) is 0. The fraction of sp³-hybridized carbons (Fsp3) is 0.156. The molecule has 0 aliphatic carbocycles. The van der Waals surface area contributed by atoms with Crippen LogP contribution in [0.4, 0.5) is 4.39 Å². The molecule has 0 bridgehead atoms. The Balaban J connectivity index is 1.72. The van der Waals surface area contributed by atoms with Crippen molar-refractivity contribution in [3.8, 4) is 5.69 Å². The van der Waals surface area contributed by atoms with Gasteiger partial charge in [0.25, 0.3) is 11.5 Å². The van der Waals surface area contributed by atoms with Gasteiger partial charge in [-0.15, -0.1) is 0 Å². The van der Waals surface area contributed by atoms with Gasteiger partial charge >= 0.3 is 0 Å². The van der Waals surface area contributed by atoms with Gasteiger partial charge in [-0.1, -0.05) is 54.6 Å². The van der Waals surface area contributed by atoms with Gasteiger partial charge in [0.15, 0.2) is 0 Å². The lowest BCUT2D eigenvalue weighted by Crippen LogP contribution is -2.37. The molecule has 1 unspecified atom stereocenters. The summed E-state index contributed by atoms with van der Waals surface area (Å²) < 4.78 is 15.7. The van der Waals surface area contributed by atoms with Crippen molar-refractivity contribution in [2.75, 3.05) is 0 Å². The van der Waals surface area contributed by atoms with Crippen molar-refractivity contribution in [3.63, 3.8) is 0 Å². The monoisotopic (exact) mass is 505 g/mol. The predicted molar refractivity (Wildman–Crippen MR) is 148 cm³/mol. The fourth-order valence-electron chi connectivity index (χ4n) is 4.64. The van der Waals surface area contributed by atoms with Crippen LogP contribution in [0.15, 0.2) is 102 Å². The number of hydrogen-bond donors (Lipinski definition) is 0. The summed E-state index contributed by atoms with van der Waals surface area (Å²) in [5.41, 5.74) is 4.31. The van der Waals surface area contributed by atoms with Crippen molar-refractivity contribution in [1.29, 1.82) is 0 Å². The number of carbonyl (C=O) groups excluding carboxylic acids is 1. The quantitative estimate of drug-likeness (QED) is 0.263. The van der Waals surface area contributed by atoms with Gasteiger partial charge in [0.05, 0.1) is 22.6 Å². The zero-order valence-corrected chi connectivity index (χ0v) is 21.6. The Morgan fingerprint density at radius 2 is 1.63 bits per heavy atom. The number of fused-ring (bicyclic) bond motifs is 1. The number of hydrogen-bond acceptors (Lipinski definition) is 3. The summed E-state index contributed by atoms with van der Waals surface area (Å²) in [6, 6.07) is 27.7. The number of halogens is 1. The first-order valence-electron chi connectivity index (χ1n) is 12.5.